The first kappa shape index (κ1) is 15.7. The standard InChI is InChI=1S/C18H15FN2O3/c1-24-18(23)14-4-2-3-5-15(14)21-17(22)8-11-10-20-16-9-12(19)6-7-13(11)16/h2-7,9-10,20H,8H2,1H3,(H,21,22). The maximum absolute atomic E-state index is 13.2. The highest BCUT2D eigenvalue weighted by atomic mass is 19.1. The molecule has 0 fully saturated rings. The van der Waals surface area contributed by atoms with Gasteiger partial charge in [0.2, 0.25) is 5.91 Å². The van der Waals surface area contributed by atoms with Gasteiger partial charge >= 0.3 is 5.97 Å². The van der Waals surface area contributed by atoms with Gasteiger partial charge in [-0.05, 0) is 35.9 Å². The second-order valence-electron chi connectivity index (χ2n) is 5.27. The lowest BCUT2D eigenvalue weighted by molar-refractivity contribution is -0.115. The number of aromatic amines is 1. The van der Waals surface area contributed by atoms with Crippen LogP contribution in [0.5, 0.6) is 0 Å². The Morgan fingerprint density at radius 2 is 2.00 bits per heavy atom. The largest absolute Gasteiger partial charge is 0.465 e. The number of halogens is 1. The predicted molar refractivity (Wildman–Crippen MR) is 88.4 cm³/mol. The van der Waals surface area contributed by atoms with E-state index < -0.39 is 5.97 Å². The monoisotopic (exact) mass is 326 g/mol. The molecule has 0 aliphatic heterocycles. The molecule has 2 aromatic carbocycles. The molecule has 0 spiro atoms. The zero-order chi connectivity index (χ0) is 17.1. The zero-order valence-electron chi connectivity index (χ0n) is 12.9. The minimum absolute atomic E-state index is 0.0984. The molecular formula is C18H15FN2O3. The molecule has 1 heterocycles. The molecule has 0 atom stereocenters. The molecule has 1 aromatic heterocycles. The number of esters is 1. The van der Waals surface area contributed by atoms with Gasteiger partial charge in [-0.15, -0.1) is 0 Å². The van der Waals surface area contributed by atoms with E-state index in [0.717, 1.165) is 10.9 Å². The third-order valence-electron chi connectivity index (χ3n) is 3.69. The van der Waals surface area contributed by atoms with E-state index in [-0.39, 0.29) is 23.7 Å². The summed E-state index contributed by atoms with van der Waals surface area (Å²) in [6.45, 7) is 0. The van der Waals surface area contributed by atoms with Crippen LogP contribution in [0.25, 0.3) is 10.9 Å². The first-order chi connectivity index (χ1) is 11.6. The van der Waals surface area contributed by atoms with Crippen LogP contribution < -0.4 is 5.32 Å². The average molecular weight is 326 g/mol. The summed E-state index contributed by atoms with van der Waals surface area (Å²) in [7, 11) is 1.28. The second-order valence-corrected chi connectivity index (χ2v) is 5.27. The van der Waals surface area contributed by atoms with Crippen molar-refractivity contribution in [1.82, 2.24) is 4.98 Å². The van der Waals surface area contributed by atoms with Crippen LogP contribution in [0.4, 0.5) is 10.1 Å². The summed E-state index contributed by atoms with van der Waals surface area (Å²) in [5.41, 5.74) is 2.06. The number of methoxy groups -OCH3 is 1. The van der Waals surface area contributed by atoms with Crippen molar-refractivity contribution in [3.63, 3.8) is 0 Å². The fraction of sp³-hybridized carbons (Fsp3) is 0.111. The Labute approximate surface area is 137 Å². The highest BCUT2D eigenvalue weighted by Crippen LogP contribution is 2.21. The van der Waals surface area contributed by atoms with Crippen molar-refractivity contribution in [2.45, 2.75) is 6.42 Å². The minimum Gasteiger partial charge on any atom is -0.465 e. The SMILES string of the molecule is COC(=O)c1ccccc1NC(=O)Cc1c[nH]c2cc(F)ccc12. The number of para-hydroxylation sites is 1. The number of amides is 1. The van der Waals surface area contributed by atoms with Crippen LogP contribution in [0, 0.1) is 5.82 Å². The van der Waals surface area contributed by atoms with Crippen molar-refractivity contribution in [3.05, 3.63) is 65.6 Å². The molecule has 6 heteroatoms. The van der Waals surface area contributed by atoms with Crippen LogP contribution in [0.2, 0.25) is 0 Å². The van der Waals surface area contributed by atoms with Gasteiger partial charge in [0, 0.05) is 17.1 Å². The molecule has 1 amide bonds. The number of fused-ring (bicyclic) bond motifs is 1. The summed E-state index contributed by atoms with van der Waals surface area (Å²) in [5.74, 6) is -1.14. The molecule has 5 nitrogen and oxygen atoms in total. The van der Waals surface area contributed by atoms with Crippen molar-refractivity contribution in [2.75, 3.05) is 12.4 Å². The van der Waals surface area contributed by atoms with Crippen LogP contribution in [0.1, 0.15) is 15.9 Å². The Morgan fingerprint density at radius 1 is 1.21 bits per heavy atom. The molecule has 2 N–H and O–H groups in total. The molecule has 24 heavy (non-hydrogen) atoms. The van der Waals surface area contributed by atoms with Gasteiger partial charge in [0.05, 0.1) is 24.8 Å². The van der Waals surface area contributed by atoms with Gasteiger partial charge in [-0.3, -0.25) is 4.79 Å². The summed E-state index contributed by atoms with van der Waals surface area (Å²) in [5, 5.41) is 3.50. The molecule has 0 aliphatic rings. The van der Waals surface area contributed by atoms with Crippen molar-refractivity contribution < 1.29 is 18.7 Å². The van der Waals surface area contributed by atoms with E-state index in [1.807, 2.05) is 0 Å². The summed E-state index contributed by atoms with van der Waals surface area (Å²) >= 11 is 0. The first-order valence-corrected chi connectivity index (χ1v) is 7.31. The van der Waals surface area contributed by atoms with Gasteiger partial charge in [0.1, 0.15) is 5.82 Å². The smallest absolute Gasteiger partial charge is 0.339 e. The molecule has 0 radical (unpaired) electrons. The number of anilines is 1. The van der Waals surface area contributed by atoms with Gasteiger partial charge in [-0.1, -0.05) is 12.1 Å². The molecule has 122 valence electrons. The Morgan fingerprint density at radius 3 is 2.79 bits per heavy atom. The number of carbonyl (C=O) groups excluding carboxylic acids is 2. The molecular weight excluding hydrogens is 311 g/mol. The number of hydrogen-bond donors (Lipinski definition) is 2. The third kappa shape index (κ3) is 3.12. The predicted octanol–water partition coefficient (Wildman–Crippen LogP) is 3.27. The Balaban J connectivity index is 1.80. The Kier molecular flexibility index (Phi) is 4.29. The summed E-state index contributed by atoms with van der Waals surface area (Å²) in [6, 6.07) is 11.0. The van der Waals surface area contributed by atoms with Gasteiger partial charge in [0.25, 0.3) is 0 Å². The topological polar surface area (TPSA) is 71.2 Å². The maximum Gasteiger partial charge on any atom is 0.339 e. The Hall–Kier alpha value is -3.15. The molecule has 3 rings (SSSR count). The lowest BCUT2D eigenvalue weighted by atomic mass is 10.1. The lowest BCUT2D eigenvalue weighted by Gasteiger charge is -2.09. The third-order valence-corrected chi connectivity index (χ3v) is 3.69. The highest BCUT2D eigenvalue weighted by molar-refractivity contribution is 6.02. The van der Waals surface area contributed by atoms with E-state index in [2.05, 4.69) is 10.3 Å². The van der Waals surface area contributed by atoms with Gasteiger partial charge < -0.3 is 15.0 Å². The normalized spacial score (nSPS) is 10.6. The van der Waals surface area contributed by atoms with Crippen molar-refractivity contribution in [3.8, 4) is 0 Å². The number of ether oxygens (including phenoxy) is 1. The van der Waals surface area contributed by atoms with E-state index in [4.69, 9.17) is 4.74 Å². The molecule has 0 saturated heterocycles. The number of H-pyrrole nitrogens is 1. The van der Waals surface area contributed by atoms with Crippen LogP contribution in [-0.4, -0.2) is 24.0 Å². The fourth-order valence-corrected chi connectivity index (χ4v) is 2.55. The number of aromatic nitrogens is 1. The average Bonchev–Trinajstić information content (AvgIpc) is 2.96. The van der Waals surface area contributed by atoms with Crippen molar-refractivity contribution in [2.24, 2.45) is 0 Å². The summed E-state index contributed by atoms with van der Waals surface area (Å²) in [6.07, 6.45) is 1.77. The van der Waals surface area contributed by atoms with Crippen molar-refractivity contribution >= 4 is 28.5 Å². The minimum atomic E-state index is -0.520. The second kappa shape index (κ2) is 6.54. The quantitative estimate of drug-likeness (QED) is 0.723. The summed E-state index contributed by atoms with van der Waals surface area (Å²) in [4.78, 5) is 27.0. The van der Waals surface area contributed by atoms with E-state index in [9.17, 15) is 14.0 Å². The number of rotatable bonds is 4. The maximum atomic E-state index is 13.2. The van der Waals surface area contributed by atoms with Crippen LogP contribution in [0.3, 0.4) is 0 Å². The lowest BCUT2D eigenvalue weighted by Crippen LogP contribution is -2.17. The first-order valence-electron chi connectivity index (χ1n) is 7.31. The van der Waals surface area contributed by atoms with Gasteiger partial charge in [-0.2, -0.15) is 0 Å². The number of nitrogens with one attached hydrogen (secondary N) is 2. The van der Waals surface area contributed by atoms with Crippen LogP contribution >= 0.6 is 0 Å². The van der Waals surface area contributed by atoms with Crippen molar-refractivity contribution in [1.29, 1.82) is 0 Å². The van der Waals surface area contributed by atoms with E-state index in [1.165, 1.54) is 19.2 Å². The zero-order valence-corrected chi connectivity index (χ0v) is 12.9. The van der Waals surface area contributed by atoms with Crippen LogP contribution in [0.15, 0.2) is 48.7 Å². The molecule has 0 unspecified atom stereocenters. The van der Waals surface area contributed by atoms with Gasteiger partial charge in [-0.25, -0.2) is 9.18 Å². The van der Waals surface area contributed by atoms with E-state index >= 15 is 0 Å². The number of benzene rings is 2. The number of hydrogen-bond acceptors (Lipinski definition) is 3. The summed E-state index contributed by atoms with van der Waals surface area (Å²) < 4.78 is 17.9. The molecule has 0 saturated carbocycles. The molecule has 0 bridgehead atoms. The molecule has 0 aliphatic carbocycles. The van der Waals surface area contributed by atoms with Crippen LogP contribution in [-0.2, 0) is 16.0 Å². The molecule has 3 aromatic rings. The number of carbonyl (C=O) groups is 2. The van der Waals surface area contributed by atoms with Gasteiger partial charge in [0.15, 0.2) is 0 Å². The Bertz CT molecular complexity index is 918. The highest BCUT2D eigenvalue weighted by Gasteiger charge is 2.14. The fourth-order valence-electron chi connectivity index (χ4n) is 2.55. The van der Waals surface area contributed by atoms with E-state index in [1.54, 1.807) is 36.5 Å². The van der Waals surface area contributed by atoms with E-state index in [0.29, 0.717) is 11.2 Å².